The number of likely N-dealkylation sites (tertiary alicyclic amines) is 1. The summed E-state index contributed by atoms with van der Waals surface area (Å²) in [6.45, 7) is 1.80. The second-order valence-corrected chi connectivity index (χ2v) is 6.33. The van der Waals surface area contributed by atoms with E-state index in [2.05, 4.69) is 5.32 Å². The number of rotatable bonds is 3. The number of nitrogens with zero attached hydrogens (tertiary/aromatic N) is 1. The smallest absolute Gasteiger partial charge is 0.222 e. The summed E-state index contributed by atoms with van der Waals surface area (Å²) < 4.78 is 0. The Balaban J connectivity index is 0.00000161. The van der Waals surface area contributed by atoms with Gasteiger partial charge in [-0.2, -0.15) is 0 Å². The molecule has 1 aromatic rings. The lowest BCUT2D eigenvalue weighted by Gasteiger charge is -2.24. The van der Waals surface area contributed by atoms with Crippen LogP contribution >= 0.6 is 24.0 Å². The Bertz CT molecular complexity index is 478. The number of carbonyl (C=O) groups excluding carboxylic acids is 1. The van der Waals surface area contributed by atoms with E-state index in [0.29, 0.717) is 18.5 Å². The van der Waals surface area contributed by atoms with Gasteiger partial charge >= 0.3 is 0 Å². The van der Waals surface area contributed by atoms with Crippen LogP contribution in [0.15, 0.2) is 24.3 Å². The number of halogens is 2. The number of fused-ring (bicyclic) bond motifs is 2. The second-order valence-electron chi connectivity index (χ2n) is 5.89. The van der Waals surface area contributed by atoms with Crippen LogP contribution in [-0.2, 0) is 11.2 Å². The number of amides is 1. The number of carbonyl (C=O) groups is 1. The van der Waals surface area contributed by atoms with Gasteiger partial charge in [0.2, 0.25) is 5.91 Å². The van der Waals surface area contributed by atoms with E-state index in [1.807, 2.05) is 29.2 Å². The molecule has 0 aliphatic carbocycles. The zero-order valence-corrected chi connectivity index (χ0v) is 13.6. The average Bonchev–Trinajstić information content (AvgIpc) is 2.77. The highest BCUT2D eigenvalue weighted by atomic mass is 35.5. The molecule has 1 aromatic carbocycles. The van der Waals surface area contributed by atoms with Crippen LogP contribution in [0.25, 0.3) is 0 Å². The van der Waals surface area contributed by atoms with Crippen molar-refractivity contribution >= 4 is 29.9 Å². The van der Waals surface area contributed by atoms with Gasteiger partial charge in [-0.15, -0.1) is 12.4 Å². The highest BCUT2D eigenvalue weighted by Gasteiger charge is 2.30. The third-order valence-corrected chi connectivity index (χ3v) is 4.67. The van der Waals surface area contributed by atoms with Crippen LogP contribution in [-0.4, -0.2) is 36.0 Å². The lowest BCUT2D eigenvalue weighted by Crippen LogP contribution is -2.39. The standard InChI is InChI=1S/C16H21ClN2O.ClH/c17-13-4-1-12(2-5-13)3-8-16(20)19-10-9-14-6-7-15(11-19)18-14;/h1-2,4-5,14-15,18H,3,6-11H2;1H. The number of hydrogen-bond donors (Lipinski definition) is 1. The minimum absolute atomic E-state index is 0. The molecule has 1 N–H and O–H groups in total. The van der Waals surface area contributed by atoms with Crippen LogP contribution in [0.4, 0.5) is 0 Å². The molecule has 2 fully saturated rings. The van der Waals surface area contributed by atoms with E-state index in [1.165, 1.54) is 18.4 Å². The van der Waals surface area contributed by atoms with Gasteiger partial charge in [0.25, 0.3) is 0 Å². The molecule has 2 heterocycles. The summed E-state index contributed by atoms with van der Waals surface area (Å²) in [6, 6.07) is 8.92. The van der Waals surface area contributed by atoms with Crippen molar-refractivity contribution < 1.29 is 4.79 Å². The predicted molar refractivity (Wildman–Crippen MR) is 88.2 cm³/mol. The summed E-state index contributed by atoms with van der Waals surface area (Å²) in [5.41, 5.74) is 1.18. The Morgan fingerprint density at radius 3 is 2.67 bits per heavy atom. The zero-order chi connectivity index (χ0) is 13.9. The molecule has 2 saturated heterocycles. The minimum atomic E-state index is 0. The summed E-state index contributed by atoms with van der Waals surface area (Å²) in [4.78, 5) is 14.4. The molecule has 2 bridgehead atoms. The minimum Gasteiger partial charge on any atom is -0.341 e. The summed E-state index contributed by atoms with van der Waals surface area (Å²) >= 11 is 5.87. The molecule has 0 aromatic heterocycles. The molecule has 2 aliphatic rings. The molecule has 0 radical (unpaired) electrons. The molecule has 2 unspecified atom stereocenters. The van der Waals surface area contributed by atoms with Crippen molar-refractivity contribution in [2.24, 2.45) is 0 Å². The molecular formula is C16H22Cl2N2O. The SMILES string of the molecule is Cl.O=C(CCc1ccc(Cl)cc1)N1CCC2CCC(C1)N2. The van der Waals surface area contributed by atoms with Gasteiger partial charge in [-0.3, -0.25) is 4.79 Å². The average molecular weight is 329 g/mol. The summed E-state index contributed by atoms with van der Waals surface area (Å²) in [6.07, 6.45) is 4.99. The third kappa shape index (κ3) is 4.35. The zero-order valence-electron chi connectivity index (χ0n) is 12.1. The van der Waals surface area contributed by atoms with E-state index in [0.717, 1.165) is 31.0 Å². The van der Waals surface area contributed by atoms with Crippen LogP contribution in [0, 0.1) is 0 Å². The van der Waals surface area contributed by atoms with Crippen LogP contribution in [0.3, 0.4) is 0 Å². The summed E-state index contributed by atoms with van der Waals surface area (Å²) in [7, 11) is 0. The highest BCUT2D eigenvalue weighted by Crippen LogP contribution is 2.21. The molecule has 21 heavy (non-hydrogen) atoms. The van der Waals surface area contributed by atoms with Crippen LogP contribution < -0.4 is 5.32 Å². The maximum absolute atomic E-state index is 12.3. The molecule has 2 aliphatic heterocycles. The first kappa shape index (κ1) is 16.6. The van der Waals surface area contributed by atoms with E-state index in [-0.39, 0.29) is 18.3 Å². The quantitative estimate of drug-likeness (QED) is 0.924. The monoisotopic (exact) mass is 328 g/mol. The Labute approximate surface area is 137 Å². The number of aryl methyl sites for hydroxylation is 1. The Morgan fingerprint density at radius 2 is 1.90 bits per heavy atom. The first-order valence-corrected chi connectivity index (χ1v) is 7.87. The molecule has 5 heteroatoms. The van der Waals surface area contributed by atoms with Gasteiger partial charge in [-0.25, -0.2) is 0 Å². The van der Waals surface area contributed by atoms with Gasteiger partial charge in [0.05, 0.1) is 0 Å². The fourth-order valence-electron chi connectivity index (χ4n) is 3.23. The predicted octanol–water partition coefficient (Wildman–Crippen LogP) is 3.05. The maximum atomic E-state index is 12.3. The Kier molecular flexibility index (Phi) is 5.91. The van der Waals surface area contributed by atoms with E-state index in [4.69, 9.17) is 11.6 Å². The van der Waals surface area contributed by atoms with E-state index in [1.54, 1.807) is 0 Å². The number of nitrogens with one attached hydrogen (secondary N) is 1. The first-order chi connectivity index (χ1) is 9.70. The van der Waals surface area contributed by atoms with Gasteiger partial charge in [-0.1, -0.05) is 23.7 Å². The van der Waals surface area contributed by atoms with Gasteiger partial charge < -0.3 is 10.2 Å². The van der Waals surface area contributed by atoms with Crippen LogP contribution in [0.2, 0.25) is 5.02 Å². The highest BCUT2D eigenvalue weighted by molar-refractivity contribution is 6.30. The molecule has 116 valence electrons. The number of hydrogen-bond acceptors (Lipinski definition) is 2. The first-order valence-electron chi connectivity index (χ1n) is 7.49. The maximum Gasteiger partial charge on any atom is 0.222 e. The van der Waals surface area contributed by atoms with Crippen molar-refractivity contribution in [3.05, 3.63) is 34.9 Å². The third-order valence-electron chi connectivity index (χ3n) is 4.42. The Morgan fingerprint density at radius 1 is 1.19 bits per heavy atom. The Hall–Kier alpha value is -0.770. The number of benzene rings is 1. The lowest BCUT2D eigenvalue weighted by atomic mass is 10.1. The molecular weight excluding hydrogens is 307 g/mol. The fourth-order valence-corrected chi connectivity index (χ4v) is 3.36. The van der Waals surface area contributed by atoms with Gasteiger partial charge in [0, 0.05) is 36.6 Å². The van der Waals surface area contributed by atoms with Crippen molar-refractivity contribution in [2.45, 2.75) is 44.2 Å². The molecule has 3 nitrogen and oxygen atoms in total. The lowest BCUT2D eigenvalue weighted by molar-refractivity contribution is -0.131. The van der Waals surface area contributed by atoms with Crippen LogP contribution in [0.1, 0.15) is 31.2 Å². The summed E-state index contributed by atoms with van der Waals surface area (Å²) in [5, 5.41) is 4.35. The van der Waals surface area contributed by atoms with Crippen molar-refractivity contribution in [2.75, 3.05) is 13.1 Å². The topological polar surface area (TPSA) is 32.3 Å². The second kappa shape index (κ2) is 7.48. The van der Waals surface area contributed by atoms with Crippen LogP contribution in [0.5, 0.6) is 0 Å². The van der Waals surface area contributed by atoms with Gasteiger partial charge in [-0.05, 0) is 43.4 Å². The molecule has 0 spiro atoms. The molecule has 2 atom stereocenters. The fraction of sp³-hybridized carbons (Fsp3) is 0.562. The van der Waals surface area contributed by atoms with Crippen molar-refractivity contribution in [1.29, 1.82) is 0 Å². The van der Waals surface area contributed by atoms with E-state index >= 15 is 0 Å². The molecule has 3 rings (SSSR count). The van der Waals surface area contributed by atoms with Gasteiger partial charge in [0.15, 0.2) is 0 Å². The normalized spacial score (nSPS) is 24.3. The van der Waals surface area contributed by atoms with Crippen molar-refractivity contribution in [3.63, 3.8) is 0 Å². The van der Waals surface area contributed by atoms with Gasteiger partial charge in [0.1, 0.15) is 0 Å². The van der Waals surface area contributed by atoms with E-state index < -0.39 is 0 Å². The summed E-state index contributed by atoms with van der Waals surface area (Å²) in [5.74, 6) is 0.286. The van der Waals surface area contributed by atoms with Crippen molar-refractivity contribution in [1.82, 2.24) is 10.2 Å². The molecule has 0 saturated carbocycles. The molecule has 1 amide bonds. The largest absolute Gasteiger partial charge is 0.341 e. The van der Waals surface area contributed by atoms with Crippen molar-refractivity contribution in [3.8, 4) is 0 Å². The van der Waals surface area contributed by atoms with E-state index in [9.17, 15) is 4.79 Å².